The molecule has 0 atom stereocenters. The Morgan fingerprint density at radius 2 is 1.72 bits per heavy atom. The van der Waals surface area contributed by atoms with Crippen LogP contribution in [0.1, 0.15) is 27.6 Å². The molecule has 0 saturated heterocycles. The van der Waals surface area contributed by atoms with Gasteiger partial charge in [-0.05, 0) is 37.3 Å². The van der Waals surface area contributed by atoms with Gasteiger partial charge < -0.3 is 9.47 Å². The summed E-state index contributed by atoms with van der Waals surface area (Å²) < 4.78 is 10.1. The van der Waals surface area contributed by atoms with Gasteiger partial charge in [-0.2, -0.15) is 0 Å². The molecule has 7 heteroatoms. The van der Waals surface area contributed by atoms with E-state index in [1.54, 1.807) is 12.1 Å². The monoisotopic (exact) mass is 341 g/mol. The molecule has 25 heavy (non-hydrogen) atoms. The summed E-state index contributed by atoms with van der Waals surface area (Å²) in [6.45, 7) is 1.42. The third-order valence-corrected chi connectivity index (χ3v) is 3.28. The number of rotatable bonds is 6. The molecule has 0 aliphatic rings. The Morgan fingerprint density at radius 3 is 2.32 bits per heavy atom. The molecule has 2 rings (SSSR count). The second-order valence-electron chi connectivity index (χ2n) is 5.01. The number of nitro groups is 1. The number of para-hydroxylation sites is 1. The molecule has 0 aliphatic heterocycles. The Morgan fingerprint density at radius 1 is 1.08 bits per heavy atom. The van der Waals surface area contributed by atoms with Crippen LogP contribution in [0.3, 0.4) is 0 Å². The lowest BCUT2D eigenvalue weighted by molar-refractivity contribution is -0.385. The van der Waals surface area contributed by atoms with Crippen LogP contribution in [0.25, 0.3) is 0 Å². The summed E-state index contributed by atoms with van der Waals surface area (Å²) in [5.41, 5.74) is -0.0999. The summed E-state index contributed by atoms with van der Waals surface area (Å²) in [6.07, 6.45) is 1.05. The van der Waals surface area contributed by atoms with E-state index in [1.807, 2.05) is 0 Å². The van der Waals surface area contributed by atoms with E-state index in [2.05, 4.69) is 0 Å². The summed E-state index contributed by atoms with van der Waals surface area (Å²) >= 11 is 0. The molecule has 0 aliphatic carbocycles. The van der Waals surface area contributed by atoms with Crippen LogP contribution in [0.15, 0.2) is 60.4 Å². The van der Waals surface area contributed by atoms with E-state index in [0.29, 0.717) is 5.75 Å². The van der Waals surface area contributed by atoms with E-state index in [-0.39, 0.29) is 22.6 Å². The number of hydrogen-bond acceptors (Lipinski definition) is 6. The van der Waals surface area contributed by atoms with Crippen molar-refractivity contribution in [2.75, 3.05) is 7.11 Å². The number of nitro benzene ring substituents is 1. The molecule has 2 aromatic carbocycles. The molecule has 0 spiro atoms. The average molecular weight is 341 g/mol. The minimum absolute atomic E-state index is 0.0315. The molecule has 0 bridgehead atoms. The highest BCUT2D eigenvalue weighted by molar-refractivity contribution is 6.07. The molecular weight excluding hydrogens is 326 g/mol. The van der Waals surface area contributed by atoms with Crippen LogP contribution in [0.4, 0.5) is 5.69 Å². The van der Waals surface area contributed by atoms with Crippen molar-refractivity contribution in [1.82, 2.24) is 0 Å². The van der Waals surface area contributed by atoms with Gasteiger partial charge in [0.1, 0.15) is 11.5 Å². The average Bonchev–Trinajstić information content (AvgIpc) is 2.61. The molecule has 128 valence electrons. The lowest BCUT2D eigenvalue weighted by atomic mass is 10.1. The van der Waals surface area contributed by atoms with Crippen LogP contribution in [0.2, 0.25) is 0 Å². The molecule has 0 N–H and O–H groups in total. The van der Waals surface area contributed by atoms with Crippen molar-refractivity contribution < 1.29 is 24.0 Å². The fourth-order valence-corrected chi connectivity index (χ4v) is 2.07. The first kappa shape index (κ1) is 17.9. The van der Waals surface area contributed by atoms with Gasteiger partial charge in [-0.1, -0.05) is 12.1 Å². The van der Waals surface area contributed by atoms with Gasteiger partial charge in [0, 0.05) is 12.1 Å². The van der Waals surface area contributed by atoms with Crippen molar-refractivity contribution in [2.45, 2.75) is 6.92 Å². The second kappa shape index (κ2) is 7.87. The molecule has 0 aromatic heterocycles. The third-order valence-electron chi connectivity index (χ3n) is 3.28. The maximum atomic E-state index is 12.2. The fourth-order valence-electron chi connectivity index (χ4n) is 2.07. The van der Waals surface area contributed by atoms with Crippen molar-refractivity contribution >= 4 is 17.4 Å². The predicted molar refractivity (Wildman–Crippen MR) is 89.6 cm³/mol. The van der Waals surface area contributed by atoms with Gasteiger partial charge in [-0.25, -0.2) is 4.79 Å². The minimum atomic E-state index is -0.647. The highest BCUT2D eigenvalue weighted by atomic mass is 16.6. The van der Waals surface area contributed by atoms with Gasteiger partial charge in [0.15, 0.2) is 5.78 Å². The van der Waals surface area contributed by atoms with Crippen molar-refractivity contribution in [3.63, 3.8) is 0 Å². The summed E-state index contributed by atoms with van der Waals surface area (Å²) in [5, 5.41) is 11.0. The van der Waals surface area contributed by atoms with Crippen LogP contribution < -0.4 is 4.74 Å². The first-order chi connectivity index (χ1) is 11.9. The Bertz CT molecular complexity index is 839. The number of esters is 1. The first-order valence-corrected chi connectivity index (χ1v) is 7.24. The number of ketones is 1. The summed E-state index contributed by atoms with van der Waals surface area (Å²) in [5.74, 6) is -0.640. The molecule has 0 amide bonds. The Balaban J connectivity index is 2.14. The van der Waals surface area contributed by atoms with E-state index in [4.69, 9.17) is 9.47 Å². The quantitative estimate of drug-likeness (QED) is 0.199. The Kier molecular flexibility index (Phi) is 5.62. The SMILES string of the molecule is COc1ccc(C(=O)OC(C)=CC(=O)c2ccccc2[N+](=O)[O-])cc1. The van der Waals surface area contributed by atoms with Gasteiger partial charge in [0.05, 0.1) is 23.2 Å². The van der Waals surface area contributed by atoms with Gasteiger partial charge in [0.2, 0.25) is 0 Å². The van der Waals surface area contributed by atoms with Gasteiger partial charge in [-0.15, -0.1) is 0 Å². The van der Waals surface area contributed by atoms with E-state index in [1.165, 1.54) is 50.4 Å². The zero-order valence-corrected chi connectivity index (χ0v) is 13.6. The largest absolute Gasteiger partial charge is 0.497 e. The van der Waals surface area contributed by atoms with Gasteiger partial charge in [-0.3, -0.25) is 14.9 Å². The second-order valence-corrected chi connectivity index (χ2v) is 5.01. The predicted octanol–water partition coefficient (Wildman–Crippen LogP) is 3.55. The zero-order chi connectivity index (χ0) is 18.4. The molecule has 0 fully saturated rings. The van der Waals surface area contributed by atoms with Crippen LogP contribution in [0, 0.1) is 10.1 Å². The number of carbonyl (C=O) groups excluding carboxylic acids is 2. The van der Waals surface area contributed by atoms with Crippen LogP contribution >= 0.6 is 0 Å². The summed E-state index contributed by atoms with van der Waals surface area (Å²) in [4.78, 5) is 34.5. The summed E-state index contributed by atoms with van der Waals surface area (Å²) in [6, 6.07) is 11.8. The number of hydrogen-bond donors (Lipinski definition) is 0. The van der Waals surface area contributed by atoms with Gasteiger partial charge >= 0.3 is 5.97 Å². The van der Waals surface area contributed by atoms with Crippen molar-refractivity contribution in [3.05, 3.63) is 81.6 Å². The lowest BCUT2D eigenvalue weighted by Gasteiger charge is -2.05. The fraction of sp³-hybridized carbons (Fsp3) is 0.111. The maximum absolute atomic E-state index is 12.2. The van der Waals surface area contributed by atoms with E-state index in [0.717, 1.165) is 6.08 Å². The van der Waals surface area contributed by atoms with E-state index >= 15 is 0 Å². The Hall–Kier alpha value is -3.48. The van der Waals surface area contributed by atoms with Gasteiger partial charge in [0.25, 0.3) is 5.69 Å². The number of methoxy groups -OCH3 is 1. The smallest absolute Gasteiger partial charge is 0.343 e. The molecule has 2 aromatic rings. The number of benzene rings is 2. The molecule has 0 heterocycles. The Labute approximate surface area is 143 Å². The molecule has 0 radical (unpaired) electrons. The maximum Gasteiger partial charge on any atom is 0.343 e. The standard InChI is InChI=1S/C18H15NO6/c1-12(25-18(21)13-7-9-14(24-2)10-8-13)11-17(20)15-5-3-4-6-16(15)19(22)23/h3-11H,1-2H3. The van der Waals surface area contributed by atoms with Crippen LogP contribution in [-0.2, 0) is 4.74 Å². The highest BCUT2D eigenvalue weighted by Gasteiger charge is 2.18. The number of carbonyl (C=O) groups is 2. The highest BCUT2D eigenvalue weighted by Crippen LogP contribution is 2.19. The van der Waals surface area contributed by atoms with Crippen molar-refractivity contribution in [1.29, 1.82) is 0 Å². The minimum Gasteiger partial charge on any atom is -0.497 e. The van der Waals surface area contributed by atoms with E-state index < -0.39 is 16.7 Å². The van der Waals surface area contributed by atoms with Crippen molar-refractivity contribution in [3.8, 4) is 5.75 Å². The molecular formula is C18H15NO6. The molecule has 0 unspecified atom stereocenters. The van der Waals surface area contributed by atoms with Crippen LogP contribution in [-0.4, -0.2) is 23.8 Å². The third kappa shape index (κ3) is 4.51. The number of nitrogens with zero attached hydrogens (tertiary/aromatic N) is 1. The number of ether oxygens (including phenoxy) is 2. The topological polar surface area (TPSA) is 95.7 Å². The zero-order valence-electron chi connectivity index (χ0n) is 13.6. The number of allylic oxidation sites excluding steroid dienone is 2. The molecule has 7 nitrogen and oxygen atoms in total. The summed E-state index contributed by atoms with van der Waals surface area (Å²) in [7, 11) is 1.51. The van der Waals surface area contributed by atoms with Crippen molar-refractivity contribution in [2.24, 2.45) is 0 Å². The first-order valence-electron chi connectivity index (χ1n) is 7.24. The lowest BCUT2D eigenvalue weighted by Crippen LogP contribution is -2.06. The molecule has 0 saturated carbocycles. The van der Waals surface area contributed by atoms with E-state index in [9.17, 15) is 19.7 Å². The van der Waals surface area contributed by atoms with Crippen LogP contribution in [0.5, 0.6) is 5.75 Å². The normalized spacial score (nSPS) is 10.9.